The number of hydrogen-bond donors (Lipinski definition) is 3. The predicted molar refractivity (Wildman–Crippen MR) is 112 cm³/mol. The summed E-state index contributed by atoms with van der Waals surface area (Å²) >= 11 is 14.4. The highest BCUT2D eigenvalue weighted by atomic mass is 32.2. The molecule has 2 aliphatic heterocycles. The van der Waals surface area contributed by atoms with E-state index in [1.54, 1.807) is 23.5 Å². The highest BCUT2D eigenvalue weighted by Crippen LogP contribution is 2.24. The van der Waals surface area contributed by atoms with E-state index in [9.17, 15) is 0 Å². The number of tetrazole rings is 1. The van der Waals surface area contributed by atoms with E-state index in [0.29, 0.717) is 10.7 Å². The zero-order valence-corrected chi connectivity index (χ0v) is 17.9. The van der Waals surface area contributed by atoms with E-state index < -0.39 is 0 Å². The first-order chi connectivity index (χ1) is 11.9. The van der Waals surface area contributed by atoms with Gasteiger partial charge in [-0.25, -0.2) is 0 Å². The molecule has 0 radical (unpaired) electrons. The summed E-state index contributed by atoms with van der Waals surface area (Å²) in [6.07, 6.45) is 1.90. The Hall–Kier alpha value is -0.530. The average molecular weight is 421 g/mol. The maximum Gasteiger partial charge on any atom is 0.161 e. The number of aromatic amines is 1. The zero-order valence-electron chi connectivity index (χ0n) is 14.7. The Kier molecular flexibility index (Phi) is 8.29. The van der Waals surface area contributed by atoms with Gasteiger partial charge < -0.3 is 9.80 Å². The summed E-state index contributed by atoms with van der Waals surface area (Å²) in [4.78, 5) is 4.50. The summed E-state index contributed by atoms with van der Waals surface area (Å²) in [5.74, 6) is 0. The number of aromatic nitrogens is 4. The highest BCUT2D eigenvalue weighted by molar-refractivity contribution is 8.23. The van der Waals surface area contributed by atoms with Crippen molar-refractivity contribution in [1.29, 1.82) is 0 Å². The molecule has 12 heteroatoms. The van der Waals surface area contributed by atoms with Crippen molar-refractivity contribution in [3.8, 4) is 0 Å². The van der Waals surface area contributed by atoms with E-state index in [-0.39, 0.29) is 12.3 Å². The van der Waals surface area contributed by atoms with Crippen molar-refractivity contribution >= 4 is 56.6 Å². The monoisotopic (exact) mass is 420 g/mol. The molecule has 0 bridgehead atoms. The molecule has 0 amide bonds. The zero-order chi connectivity index (χ0) is 18.4. The van der Waals surface area contributed by atoms with Gasteiger partial charge in [0.2, 0.25) is 0 Å². The lowest BCUT2D eigenvalue weighted by Crippen LogP contribution is -2.58. The highest BCUT2D eigenvalue weighted by Gasteiger charge is 2.30. The molecule has 0 saturated carbocycles. The first kappa shape index (κ1) is 20.8. The maximum absolute atomic E-state index is 5.50. The van der Waals surface area contributed by atoms with Gasteiger partial charge in [0.25, 0.3) is 0 Å². The Balaban J connectivity index is 0.000000386. The van der Waals surface area contributed by atoms with Gasteiger partial charge >= 0.3 is 0 Å². The van der Waals surface area contributed by atoms with Crippen LogP contribution in [0.15, 0.2) is 6.33 Å². The second-order valence-electron chi connectivity index (χ2n) is 5.68. The summed E-state index contributed by atoms with van der Waals surface area (Å²) in [5.41, 5.74) is 0. The summed E-state index contributed by atoms with van der Waals surface area (Å²) in [5, 5.41) is 20.0. The molecule has 4 atom stereocenters. The molecule has 2 saturated heterocycles. The van der Waals surface area contributed by atoms with Crippen LogP contribution in [0.25, 0.3) is 0 Å². The van der Waals surface area contributed by atoms with E-state index in [1.165, 1.54) is 6.33 Å². The fourth-order valence-electron chi connectivity index (χ4n) is 2.60. The van der Waals surface area contributed by atoms with Gasteiger partial charge in [0.05, 0.1) is 23.1 Å². The van der Waals surface area contributed by atoms with Gasteiger partial charge in [-0.15, -0.1) is 10.2 Å². The summed E-state index contributed by atoms with van der Waals surface area (Å²) in [7, 11) is 0. The minimum Gasteiger partial charge on any atom is -0.340 e. The number of thioether (sulfide) groups is 2. The number of nitrogens with one attached hydrogen (secondary N) is 3. The summed E-state index contributed by atoms with van der Waals surface area (Å²) < 4.78 is 1.96. The topological polar surface area (TPSA) is 85.0 Å². The Labute approximate surface area is 167 Å². The molecule has 2 aliphatic rings. The molecule has 3 rings (SSSR count). The van der Waals surface area contributed by atoms with Crippen LogP contribution >= 0.6 is 48.0 Å². The molecule has 4 unspecified atom stereocenters. The number of thiocarbonyl (C=S) groups is 2. The lowest BCUT2D eigenvalue weighted by atomic mass is 10.4. The van der Waals surface area contributed by atoms with Crippen molar-refractivity contribution in [2.24, 2.45) is 0 Å². The number of hydrogen-bond acceptors (Lipinski definition) is 9. The summed E-state index contributed by atoms with van der Waals surface area (Å²) in [6.45, 7) is 10.4. The van der Waals surface area contributed by atoms with E-state index in [2.05, 4.69) is 68.8 Å². The van der Waals surface area contributed by atoms with Crippen molar-refractivity contribution in [3.63, 3.8) is 0 Å². The van der Waals surface area contributed by atoms with Crippen LogP contribution < -0.4 is 10.6 Å². The predicted octanol–water partition coefficient (Wildman–Crippen LogP) is 1.42. The van der Waals surface area contributed by atoms with Gasteiger partial charge in [-0.2, -0.15) is 5.21 Å². The Morgan fingerprint density at radius 2 is 1.44 bits per heavy atom. The average Bonchev–Trinajstić information content (AvgIpc) is 3.07. The van der Waals surface area contributed by atoms with E-state index >= 15 is 0 Å². The largest absolute Gasteiger partial charge is 0.340 e. The van der Waals surface area contributed by atoms with Crippen LogP contribution in [0.4, 0.5) is 0 Å². The number of H-pyrrole nitrogens is 1. The third kappa shape index (κ3) is 6.29. The van der Waals surface area contributed by atoms with Crippen LogP contribution in [-0.4, -0.2) is 75.2 Å². The molecule has 25 heavy (non-hydrogen) atoms. The molecule has 8 nitrogen and oxygen atoms in total. The van der Waals surface area contributed by atoms with Gasteiger partial charge in [-0.05, 0) is 27.7 Å². The van der Waals surface area contributed by atoms with Crippen molar-refractivity contribution in [1.82, 2.24) is 41.1 Å². The first-order valence-electron chi connectivity index (χ1n) is 8.01. The second-order valence-corrected chi connectivity index (χ2v) is 9.63. The second kappa shape index (κ2) is 9.97. The lowest BCUT2D eigenvalue weighted by molar-refractivity contribution is 0.223. The standard InChI is InChI=1S/C12H22N4S4.CH2N4/c1-7-13-9(3)19-11(17)15(7)5-6-16-8(2)14-10(4)20-12(16)18;1-2-4-5-3-1/h7-10,13-14H,5-6H2,1-4H3;1H,(H,2,3,4,5). The molecule has 3 heterocycles. The van der Waals surface area contributed by atoms with E-state index in [0.717, 1.165) is 21.7 Å². The van der Waals surface area contributed by atoms with Gasteiger partial charge in [0.1, 0.15) is 8.64 Å². The maximum atomic E-state index is 5.50. The van der Waals surface area contributed by atoms with Crippen molar-refractivity contribution < 1.29 is 0 Å². The first-order valence-corrected chi connectivity index (χ1v) is 10.6. The van der Waals surface area contributed by atoms with Gasteiger partial charge in [0.15, 0.2) is 6.33 Å². The summed E-state index contributed by atoms with van der Waals surface area (Å²) in [6, 6.07) is 0. The third-order valence-electron chi connectivity index (χ3n) is 3.76. The minimum absolute atomic E-state index is 0.284. The van der Waals surface area contributed by atoms with E-state index in [1.807, 2.05) is 0 Å². The Bertz CT molecular complexity index is 503. The van der Waals surface area contributed by atoms with Gasteiger partial charge in [-0.3, -0.25) is 10.6 Å². The van der Waals surface area contributed by atoms with Crippen molar-refractivity contribution in [3.05, 3.63) is 6.33 Å². The fourth-order valence-corrected chi connectivity index (χ4v) is 5.87. The molecular formula is C13H24N8S4. The number of rotatable bonds is 3. The van der Waals surface area contributed by atoms with Gasteiger partial charge in [0, 0.05) is 13.1 Å². The fraction of sp³-hybridized carbons (Fsp3) is 0.769. The lowest BCUT2D eigenvalue weighted by Gasteiger charge is -2.43. The molecule has 0 aliphatic carbocycles. The molecule has 3 N–H and O–H groups in total. The quantitative estimate of drug-likeness (QED) is 0.621. The van der Waals surface area contributed by atoms with Crippen molar-refractivity contribution in [2.45, 2.75) is 50.8 Å². The Morgan fingerprint density at radius 3 is 1.72 bits per heavy atom. The molecule has 0 aromatic carbocycles. The molecule has 1 aromatic heterocycles. The third-order valence-corrected chi connectivity index (χ3v) is 6.66. The van der Waals surface area contributed by atoms with Gasteiger partial charge in [-0.1, -0.05) is 53.2 Å². The molecule has 0 spiro atoms. The SMILES string of the molecule is CC1NC(C)N(CCN2C(=S)SC(C)NC2C)C(=S)S1.c1nn[nH]n1. The molecule has 1 aromatic rings. The minimum atomic E-state index is 0.284. The molecule has 2 fully saturated rings. The van der Waals surface area contributed by atoms with Crippen molar-refractivity contribution in [2.75, 3.05) is 13.1 Å². The normalized spacial score (nSPS) is 30.1. The van der Waals surface area contributed by atoms with Crippen LogP contribution in [0.2, 0.25) is 0 Å². The Morgan fingerprint density at radius 1 is 0.960 bits per heavy atom. The van der Waals surface area contributed by atoms with Crippen LogP contribution in [0.3, 0.4) is 0 Å². The number of nitrogens with zero attached hydrogens (tertiary/aromatic N) is 5. The van der Waals surface area contributed by atoms with Crippen LogP contribution in [0.1, 0.15) is 27.7 Å². The molecular weight excluding hydrogens is 396 g/mol. The van der Waals surface area contributed by atoms with Crippen LogP contribution in [0, 0.1) is 0 Å². The smallest absolute Gasteiger partial charge is 0.161 e. The van der Waals surface area contributed by atoms with Crippen LogP contribution in [0.5, 0.6) is 0 Å². The van der Waals surface area contributed by atoms with E-state index in [4.69, 9.17) is 24.4 Å². The van der Waals surface area contributed by atoms with Crippen LogP contribution in [-0.2, 0) is 0 Å². The molecule has 140 valence electrons.